The number of aromatic nitrogens is 2. The van der Waals surface area contributed by atoms with Crippen LogP contribution in [0.1, 0.15) is 25.0 Å². The van der Waals surface area contributed by atoms with Crippen LogP contribution in [-0.2, 0) is 6.54 Å². The van der Waals surface area contributed by atoms with Gasteiger partial charge in [0, 0.05) is 18.1 Å². The maximum absolute atomic E-state index is 10.8. The van der Waals surface area contributed by atoms with E-state index in [1.165, 1.54) is 25.3 Å². The van der Waals surface area contributed by atoms with Crippen LogP contribution >= 0.6 is 11.3 Å². The highest BCUT2D eigenvalue weighted by atomic mass is 32.1. The number of imidazole rings is 1. The van der Waals surface area contributed by atoms with Crippen molar-refractivity contribution >= 4 is 22.2 Å². The van der Waals surface area contributed by atoms with E-state index in [9.17, 15) is 10.1 Å². The van der Waals surface area contributed by atoms with Crippen molar-refractivity contribution in [3.05, 3.63) is 39.5 Å². The van der Waals surface area contributed by atoms with Gasteiger partial charge in [0.2, 0.25) is 0 Å². The Balaban J connectivity index is 1.74. The highest BCUT2D eigenvalue weighted by Gasteiger charge is 2.23. The number of nitrogens with zero attached hydrogens (tertiary/aromatic N) is 4. The van der Waals surface area contributed by atoms with Crippen molar-refractivity contribution in [3.8, 4) is 11.5 Å². The lowest BCUT2D eigenvalue weighted by Crippen LogP contribution is -2.29. The minimum absolute atomic E-state index is 0.250. The molecule has 0 spiro atoms. The number of piperidine rings is 1. The molecule has 23 heavy (non-hydrogen) atoms. The fourth-order valence-electron chi connectivity index (χ4n) is 3.06. The van der Waals surface area contributed by atoms with Crippen LogP contribution in [0.5, 0.6) is 0 Å². The Morgan fingerprint density at radius 1 is 1.30 bits per heavy atom. The van der Waals surface area contributed by atoms with Crippen molar-refractivity contribution in [2.45, 2.75) is 25.8 Å². The third kappa shape index (κ3) is 2.64. The maximum atomic E-state index is 10.8. The van der Waals surface area contributed by atoms with Crippen molar-refractivity contribution < 1.29 is 9.34 Å². The van der Waals surface area contributed by atoms with Gasteiger partial charge >= 0.3 is 5.88 Å². The van der Waals surface area contributed by atoms with Gasteiger partial charge < -0.3 is 4.42 Å². The molecule has 1 fully saturated rings. The van der Waals surface area contributed by atoms with Crippen LogP contribution < -0.4 is 0 Å². The molecule has 4 heterocycles. The lowest BCUT2D eigenvalue weighted by Gasteiger charge is -2.26. The molecule has 0 aromatic carbocycles. The highest BCUT2D eigenvalue weighted by Crippen LogP contribution is 2.31. The predicted molar refractivity (Wildman–Crippen MR) is 86.6 cm³/mol. The van der Waals surface area contributed by atoms with Gasteiger partial charge in [-0.25, -0.2) is 4.98 Å². The molecular weight excluding hydrogens is 316 g/mol. The van der Waals surface area contributed by atoms with E-state index in [0.717, 1.165) is 30.3 Å². The van der Waals surface area contributed by atoms with Gasteiger partial charge in [0.05, 0.1) is 11.8 Å². The Labute approximate surface area is 136 Å². The molecule has 0 radical (unpaired) electrons. The van der Waals surface area contributed by atoms with Crippen LogP contribution in [0.2, 0.25) is 0 Å². The topological polar surface area (TPSA) is 76.8 Å². The lowest BCUT2D eigenvalue weighted by molar-refractivity contribution is -0.401. The summed E-state index contributed by atoms with van der Waals surface area (Å²) in [5.41, 5.74) is 1.74. The van der Waals surface area contributed by atoms with Crippen LogP contribution in [0.4, 0.5) is 5.88 Å². The lowest BCUT2D eigenvalue weighted by atomic mass is 10.1. The second-order valence-corrected chi connectivity index (χ2v) is 6.57. The smallest absolute Gasteiger partial charge is 0.399 e. The van der Waals surface area contributed by atoms with Crippen LogP contribution in [0.25, 0.3) is 16.4 Å². The van der Waals surface area contributed by atoms with Crippen molar-refractivity contribution in [1.82, 2.24) is 14.3 Å². The molecule has 0 bridgehead atoms. The molecule has 1 saturated heterocycles. The van der Waals surface area contributed by atoms with E-state index in [1.807, 2.05) is 11.6 Å². The summed E-state index contributed by atoms with van der Waals surface area (Å²) in [5, 5.41) is 12.8. The van der Waals surface area contributed by atoms with Gasteiger partial charge in [0.15, 0.2) is 10.7 Å². The molecule has 7 nitrogen and oxygen atoms in total. The third-order valence-electron chi connectivity index (χ3n) is 4.19. The number of furan rings is 1. The SMILES string of the molecule is O=[N+]([O-])c1ccc(-c2nc3sccn3c2CN2CCCCC2)o1. The minimum Gasteiger partial charge on any atom is -0.399 e. The molecule has 0 N–H and O–H groups in total. The quantitative estimate of drug-likeness (QED) is 0.539. The zero-order valence-corrected chi connectivity index (χ0v) is 13.3. The first kappa shape index (κ1) is 14.4. The summed E-state index contributed by atoms with van der Waals surface area (Å²) in [4.78, 5) is 18.2. The zero-order chi connectivity index (χ0) is 15.8. The highest BCUT2D eigenvalue weighted by molar-refractivity contribution is 7.15. The Morgan fingerprint density at radius 2 is 2.13 bits per heavy atom. The third-order valence-corrected chi connectivity index (χ3v) is 4.94. The fraction of sp³-hybridized carbons (Fsp3) is 0.400. The van der Waals surface area contributed by atoms with Crippen molar-refractivity contribution in [3.63, 3.8) is 0 Å². The average Bonchev–Trinajstić information content (AvgIpc) is 3.24. The summed E-state index contributed by atoms with van der Waals surface area (Å²) < 4.78 is 7.43. The molecule has 1 aliphatic heterocycles. The van der Waals surface area contributed by atoms with Crippen molar-refractivity contribution in [2.24, 2.45) is 0 Å². The molecule has 0 amide bonds. The van der Waals surface area contributed by atoms with Gasteiger partial charge in [0.1, 0.15) is 10.6 Å². The van der Waals surface area contributed by atoms with E-state index in [-0.39, 0.29) is 5.88 Å². The summed E-state index contributed by atoms with van der Waals surface area (Å²) in [7, 11) is 0. The summed E-state index contributed by atoms with van der Waals surface area (Å²) in [6.07, 6.45) is 5.71. The van der Waals surface area contributed by atoms with E-state index < -0.39 is 4.92 Å². The van der Waals surface area contributed by atoms with Gasteiger partial charge in [-0.2, -0.15) is 0 Å². The molecule has 3 aromatic rings. The Hall–Kier alpha value is -2.19. The van der Waals surface area contributed by atoms with Crippen LogP contribution in [0.15, 0.2) is 28.1 Å². The van der Waals surface area contributed by atoms with E-state index in [0.29, 0.717) is 11.5 Å². The molecule has 4 rings (SSSR count). The second-order valence-electron chi connectivity index (χ2n) is 5.69. The molecule has 0 atom stereocenters. The summed E-state index contributed by atoms with van der Waals surface area (Å²) in [6.45, 7) is 2.94. The number of nitro groups is 1. The molecule has 0 saturated carbocycles. The van der Waals surface area contributed by atoms with Gasteiger partial charge in [-0.15, -0.1) is 11.3 Å². The zero-order valence-electron chi connectivity index (χ0n) is 12.5. The maximum Gasteiger partial charge on any atom is 0.433 e. The number of thiazole rings is 1. The summed E-state index contributed by atoms with van der Waals surface area (Å²) >= 11 is 1.55. The van der Waals surface area contributed by atoms with Crippen molar-refractivity contribution in [2.75, 3.05) is 13.1 Å². The first-order chi connectivity index (χ1) is 11.2. The number of fused-ring (bicyclic) bond motifs is 1. The molecule has 3 aromatic heterocycles. The largest absolute Gasteiger partial charge is 0.433 e. The van der Waals surface area contributed by atoms with Crippen molar-refractivity contribution in [1.29, 1.82) is 0 Å². The van der Waals surface area contributed by atoms with Crippen LogP contribution in [0, 0.1) is 10.1 Å². The first-order valence-corrected chi connectivity index (χ1v) is 8.52. The van der Waals surface area contributed by atoms with Gasteiger partial charge in [-0.05, 0) is 32.0 Å². The molecule has 1 aliphatic rings. The molecule has 0 aliphatic carbocycles. The number of hydrogen-bond donors (Lipinski definition) is 0. The van der Waals surface area contributed by atoms with Crippen LogP contribution in [0.3, 0.4) is 0 Å². The number of rotatable bonds is 4. The fourth-order valence-corrected chi connectivity index (χ4v) is 3.80. The second kappa shape index (κ2) is 5.78. The van der Waals surface area contributed by atoms with E-state index >= 15 is 0 Å². The summed E-state index contributed by atoms with van der Waals surface area (Å²) in [5.74, 6) is 0.208. The molecule has 8 heteroatoms. The molecule has 0 unspecified atom stereocenters. The standard InChI is InChI=1S/C15H16N4O3S/c20-19(21)13-5-4-12(22-13)14-11(10-17-6-2-1-3-7-17)18-8-9-23-15(18)16-14/h4-5,8-9H,1-3,6-7,10H2. The number of hydrogen-bond acceptors (Lipinski definition) is 6. The predicted octanol–water partition coefficient (Wildman–Crippen LogP) is 3.55. The number of likely N-dealkylation sites (tertiary alicyclic amines) is 1. The Kier molecular flexibility index (Phi) is 3.62. The normalized spacial score (nSPS) is 16.2. The minimum atomic E-state index is -0.522. The molecular formula is C15H16N4O3S. The van der Waals surface area contributed by atoms with Crippen LogP contribution in [-0.4, -0.2) is 32.3 Å². The first-order valence-electron chi connectivity index (χ1n) is 7.64. The molecule has 120 valence electrons. The Morgan fingerprint density at radius 3 is 2.87 bits per heavy atom. The van der Waals surface area contributed by atoms with Gasteiger partial charge in [-0.1, -0.05) is 6.42 Å². The van der Waals surface area contributed by atoms with E-state index in [2.05, 4.69) is 14.3 Å². The van der Waals surface area contributed by atoms with E-state index in [4.69, 9.17) is 4.42 Å². The van der Waals surface area contributed by atoms with E-state index in [1.54, 1.807) is 17.4 Å². The monoisotopic (exact) mass is 332 g/mol. The summed E-state index contributed by atoms with van der Waals surface area (Å²) in [6, 6.07) is 3.01. The van der Waals surface area contributed by atoms with Gasteiger partial charge in [0.25, 0.3) is 0 Å². The van der Waals surface area contributed by atoms with Gasteiger partial charge in [-0.3, -0.25) is 19.4 Å². The average molecular weight is 332 g/mol. The Bertz CT molecular complexity index is 844.